The van der Waals surface area contributed by atoms with E-state index >= 15 is 0 Å². The Morgan fingerprint density at radius 1 is 1.31 bits per heavy atom. The molecular weight excluding hydrogens is 336 g/mol. The molecular formula is C18H22N4O4. The molecule has 2 aromatic rings. The Morgan fingerprint density at radius 3 is 2.73 bits per heavy atom. The number of ether oxygens (including phenoxy) is 1. The summed E-state index contributed by atoms with van der Waals surface area (Å²) in [6.45, 7) is 5.88. The lowest BCUT2D eigenvalue weighted by atomic mass is 10.1. The van der Waals surface area contributed by atoms with Gasteiger partial charge in [0.2, 0.25) is 5.91 Å². The van der Waals surface area contributed by atoms with Crippen LogP contribution >= 0.6 is 0 Å². The number of para-hydroxylation sites is 1. The molecule has 1 atom stereocenters. The molecule has 1 unspecified atom stereocenters. The Morgan fingerprint density at radius 2 is 2.04 bits per heavy atom. The molecule has 0 fully saturated rings. The van der Waals surface area contributed by atoms with Crippen LogP contribution in [0.3, 0.4) is 0 Å². The van der Waals surface area contributed by atoms with Crippen LogP contribution in [-0.4, -0.2) is 48.8 Å². The van der Waals surface area contributed by atoms with E-state index in [1.807, 2.05) is 38.1 Å². The largest absolute Gasteiger partial charge is 0.491 e. The van der Waals surface area contributed by atoms with E-state index in [1.54, 1.807) is 11.5 Å². The van der Waals surface area contributed by atoms with Gasteiger partial charge in [0.1, 0.15) is 17.6 Å². The van der Waals surface area contributed by atoms with Crippen molar-refractivity contribution in [3.8, 4) is 5.75 Å². The number of fused-ring (bicyclic) bond motifs is 1. The van der Waals surface area contributed by atoms with Crippen LogP contribution in [0.25, 0.3) is 0 Å². The molecule has 1 N–H and O–H groups in total. The number of aromatic nitrogens is 3. The van der Waals surface area contributed by atoms with Gasteiger partial charge in [-0.05, 0) is 26.8 Å². The van der Waals surface area contributed by atoms with Gasteiger partial charge in [-0.15, -0.1) is 10.2 Å². The number of nitrogens with zero attached hydrogens (tertiary/aromatic N) is 4. The van der Waals surface area contributed by atoms with Crippen molar-refractivity contribution in [1.82, 2.24) is 19.7 Å². The molecule has 1 aliphatic heterocycles. The van der Waals surface area contributed by atoms with E-state index in [0.29, 0.717) is 17.4 Å². The second-order valence-corrected chi connectivity index (χ2v) is 6.60. The number of hydrogen-bond acceptors (Lipinski definition) is 5. The number of aryl methyl sites for hydroxylation is 1. The molecule has 1 aromatic carbocycles. The van der Waals surface area contributed by atoms with E-state index in [2.05, 4.69) is 10.2 Å². The highest BCUT2D eigenvalue weighted by atomic mass is 16.5. The summed E-state index contributed by atoms with van der Waals surface area (Å²) in [5.41, 5.74) is 0.735. The molecule has 2 heterocycles. The molecule has 0 saturated heterocycles. The SMILES string of the molecule is Cc1nnc2n1CC(C(=O)O)N(C(=O)Cc1ccccc1OC(C)C)C2. The molecule has 0 saturated carbocycles. The number of carboxylic acids is 1. The minimum absolute atomic E-state index is 0.0190. The fraction of sp³-hybridized carbons (Fsp3) is 0.444. The van der Waals surface area contributed by atoms with Crippen molar-refractivity contribution < 1.29 is 19.4 Å². The number of carbonyl (C=O) groups is 2. The fourth-order valence-corrected chi connectivity index (χ4v) is 3.07. The summed E-state index contributed by atoms with van der Waals surface area (Å²) in [7, 11) is 0. The summed E-state index contributed by atoms with van der Waals surface area (Å²) < 4.78 is 7.50. The van der Waals surface area contributed by atoms with Crippen molar-refractivity contribution >= 4 is 11.9 Å². The standard InChI is InChI=1S/C18H22N4O4/c1-11(2)26-15-7-5-4-6-13(15)8-17(23)22-10-16-20-19-12(3)21(16)9-14(22)18(24)25/h4-7,11,14H,8-10H2,1-3H3,(H,24,25). The molecule has 0 bridgehead atoms. The van der Waals surface area contributed by atoms with Gasteiger partial charge in [0.15, 0.2) is 5.82 Å². The van der Waals surface area contributed by atoms with Crippen molar-refractivity contribution in [3.63, 3.8) is 0 Å². The van der Waals surface area contributed by atoms with Gasteiger partial charge in [0.05, 0.1) is 25.6 Å². The zero-order valence-electron chi connectivity index (χ0n) is 15.0. The molecule has 0 radical (unpaired) electrons. The van der Waals surface area contributed by atoms with E-state index < -0.39 is 12.0 Å². The van der Waals surface area contributed by atoms with Crippen LogP contribution in [0.15, 0.2) is 24.3 Å². The zero-order valence-corrected chi connectivity index (χ0v) is 15.0. The Labute approximate surface area is 151 Å². The second kappa shape index (κ2) is 7.15. The third-order valence-corrected chi connectivity index (χ3v) is 4.34. The molecule has 138 valence electrons. The summed E-state index contributed by atoms with van der Waals surface area (Å²) in [5, 5.41) is 17.6. The molecule has 1 amide bonds. The number of carboxylic acid groups (broad SMARTS) is 1. The first-order valence-electron chi connectivity index (χ1n) is 8.52. The molecule has 1 aromatic heterocycles. The first-order valence-corrected chi connectivity index (χ1v) is 8.52. The number of amides is 1. The van der Waals surface area contributed by atoms with Gasteiger partial charge >= 0.3 is 5.97 Å². The van der Waals surface area contributed by atoms with E-state index in [4.69, 9.17) is 4.74 Å². The van der Waals surface area contributed by atoms with Gasteiger partial charge in [-0.1, -0.05) is 18.2 Å². The van der Waals surface area contributed by atoms with Crippen LogP contribution in [-0.2, 0) is 29.1 Å². The van der Waals surface area contributed by atoms with E-state index in [9.17, 15) is 14.7 Å². The highest BCUT2D eigenvalue weighted by molar-refractivity contribution is 5.85. The lowest BCUT2D eigenvalue weighted by molar-refractivity contribution is -0.152. The highest BCUT2D eigenvalue weighted by Gasteiger charge is 2.36. The monoisotopic (exact) mass is 358 g/mol. The lowest BCUT2D eigenvalue weighted by Crippen LogP contribution is -2.51. The maximum absolute atomic E-state index is 12.9. The number of hydrogen-bond donors (Lipinski definition) is 1. The van der Waals surface area contributed by atoms with Crippen LogP contribution in [0.1, 0.15) is 31.1 Å². The molecule has 8 heteroatoms. The quantitative estimate of drug-likeness (QED) is 0.868. The van der Waals surface area contributed by atoms with Gasteiger partial charge in [0, 0.05) is 5.56 Å². The maximum atomic E-state index is 12.9. The van der Waals surface area contributed by atoms with Crippen LogP contribution < -0.4 is 4.74 Å². The van der Waals surface area contributed by atoms with Crippen molar-refractivity contribution in [2.45, 2.75) is 52.4 Å². The minimum Gasteiger partial charge on any atom is -0.491 e. The zero-order chi connectivity index (χ0) is 18.8. The summed E-state index contributed by atoms with van der Waals surface area (Å²) in [5.74, 6) is 0.570. The van der Waals surface area contributed by atoms with Crippen molar-refractivity contribution in [3.05, 3.63) is 41.5 Å². The Kier molecular flexibility index (Phi) is 4.92. The van der Waals surface area contributed by atoms with E-state index in [1.165, 1.54) is 4.90 Å². The Hall–Kier alpha value is -2.90. The van der Waals surface area contributed by atoms with Gasteiger partial charge in [-0.2, -0.15) is 0 Å². The average Bonchev–Trinajstić information content (AvgIpc) is 2.95. The normalized spacial score (nSPS) is 16.5. The predicted octanol–water partition coefficient (Wildman–Crippen LogP) is 1.41. The third-order valence-electron chi connectivity index (χ3n) is 4.34. The van der Waals surface area contributed by atoms with Crippen LogP contribution in [0.2, 0.25) is 0 Å². The topological polar surface area (TPSA) is 97.5 Å². The number of rotatable bonds is 5. The van der Waals surface area contributed by atoms with E-state index in [-0.39, 0.29) is 31.5 Å². The smallest absolute Gasteiger partial charge is 0.328 e. The summed E-state index contributed by atoms with van der Waals surface area (Å²) >= 11 is 0. The van der Waals surface area contributed by atoms with Crippen LogP contribution in [0.5, 0.6) is 5.75 Å². The molecule has 0 aliphatic carbocycles. The molecule has 3 rings (SSSR count). The van der Waals surface area contributed by atoms with Crippen LogP contribution in [0.4, 0.5) is 0 Å². The second-order valence-electron chi connectivity index (χ2n) is 6.60. The summed E-state index contributed by atoms with van der Waals surface area (Å²) in [6, 6.07) is 6.37. The van der Waals surface area contributed by atoms with Gasteiger partial charge in [-0.3, -0.25) is 4.79 Å². The predicted molar refractivity (Wildman–Crippen MR) is 92.6 cm³/mol. The van der Waals surface area contributed by atoms with Crippen molar-refractivity contribution in [2.24, 2.45) is 0 Å². The average molecular weight is 358 g/mol. The first kappa shape index (κ1) is 17.9. The number of aliphatic carboxylic acids is 1. The number of carbonyl (C=O) groups excluding carboxylic acids is 1. The first-order chi connectivity index (χ1) is 12.4. The van der Waals surface area contributed by atoms with E-state index in [0.717, 1.165) is 5.56 Å². The summed E-state index contributed by atoms with van der Waals surface area (Å²) in [6.07, 6.45) is 0.0503. The van der Waals surface area contributed by atoms with Gasteiger partial charge in [0.25, 0.3) is 0 Å². The lowest BCUT2D eigenvalue weighted by Gasteiger charge is -2.33. The minimum atomic E-state index is -1.04. The maximum Gasteiger partial charge on any atom is 0.328 e. The Balaban J connectivity index is 1.84. The molecule has 26 heavy (non-hydrogen) atoms. The molecule has 0 spiro atoms. The fourth-order valence-electron chi connectivity index (χ4n) is 3.07. The van der Waals surface area contributed by atoms with Crippen molar-refractivity contribution in [2.75, 3.05) is 0 Å². The van der Waals surface area contributed by atoms with Crippen molar-refractivity contribution in [1.29, 1.82) is 0 Å². The molecule has 1 aliphatic rings. The number of benzene rings is 1. The van der Waals surface area contributed by atoms with Crippen LogP contribution in [0, 0.1) is 6.92 Å². The Bertz CT molecular complexity index is 830. The third kappa shape index (κ3) is 3.54. The summed E-state index contributed by atoms with van der Waals surface area (Å²) in [4.78, 5) is 25.9. The van der Waals surface area contributed by atoms with Gasteiger partial charge < -0.3 is 19.3 Å². The highest BCUT2D eigenvalue weighted by Crippen LogP contribution is 2.23. The molecule has 8 nitrogen and oxygen atoms in total. The van der Waals surface area contributed by atoms with Gasteiger partial charge in [-0.25, -0.2) is 4.79 Å².